The van der Waals surface area contributed by atoms with Crippen molar-refractivity contribution in [2.75, 3.05) is 23.8 Å². The summed E-state index contributed by atoms with van der Waals surface area (Å²) >= 11 is 23.9. The number of ether oxygens (including phenoxy) is 2. The Morgan fingerprint density at radius 1 is 0.611 bits per heavy atom. The summed E-state index contributed by atoms with van der Waals surface area (Å²) in [6, 6.07) is 20.2. The minimum atomic E-state index is -0.379. The molecule has 0 aliphatic rings. The fraction of sp³-hybridized carbons (Fsp3) is 0.0769. The SMILES string of the molecule is O=C(COc1ccc(Cl)cc1Cl)Nc1cccc2c(NC(=O)COc3ccc(Cl)cc3Cl)cccc12. The molecule has 184 valence electrons. The molecule has 0 unspecified atom stereocenters. The predicted octanol–water partition coefficient (Wildman–Crippen LogP) is 7.49. The Bertz CT molecular complexity index is 1340. The predicted molar refractivity (Wildman–Crippen MR) is 145 cm³/mol. The second-order valence-corrected chi connectivity index (χ2v) is 9.22. The van der Waals surface area contributed by atoms with Crippen molar-refractivity contribution in [3.8, 4) is 11.5 Å². The van der Waals surface area contributed by atoms with Crippen LogP contribution in [0.1, 0.15) is 0 Å². The van der Waals surface area contributed by atoms with E-state index >= 15 is 0 Å². The molecule has 0 bridgehead atoms. The highest BCUT2D eigenvalue weighted by atomic mass is 35.5. The van der Waals surface area contributed by atoms with Crippen LogP contribution in [0.3, 0.4) is 0 Å². The zero-order valence-corrected chi connectivity index (χ0v) is 21.5. The molecular weight excluding hydrogens is 546 g/mol. The smallest absolute Gasteiger partial charge is 0.262 e. The maximum atomic E-state index is 12.5. The number of nitrogens with one attached hydrogen (secondary N) is 2. The molecule has 2 N–H and O–H groups in total. The highest BCUT2D eigenvalue weighted by Crippen LogP contribution is 2.31. The van der Waals surface area contributed by atoms with Crippen molar-refractivity contribution in [3.63, 3.8) is 0 Å². The van der Waals surface area contributed by atoms with E-state index in [1.807, 2.05) is 12.1 Å². The van der Waals surface area contributed by atoms with Gasteiger partial charge in [0.25, 0.3) is 11.8 Å². The first-order chi connectivity index (χ1) is 17.3. The lowest BCUT2D eigenvalue weighted by atomic mass is 10.1. The Balaban J connectivity index is 1.42. The van der Waals surface area contributed by atoms with E-state index in [4.69, 9.17) is 55.9 Å². The second kappa shape index (κ2) is 11.7. The average Bonchev–Trinajstić information content (AvgIpc) is 2.83. The van der Waals surface area contributed by atoms with Gasteiger partial charge in [-0.1, -0.05) is 70.7 Å². The minimum Gasteiger partial charge on any atom is -0.482 e. The van der Waals surface area contributed by atoms with Crippen LogP contribution in [0.5, 0.6) is 11.5 Å². The van der Waals surface area contributed by atoms with Crippen LogP contribution in [0.4, 0.5) is 11.4 Å². The molecular formula is C26H18Cl4N2O4. The quantitative estimate of drug-likeness (QED) is 0.233. The molecule has 0 radical (unpaired) electrons. The van der Waals surface area contributed by atoms with Crippen LogP contribution >= 0.6 is 46.4 Å². The molecule has 0 aliphatic heterocycles. The van der Waals surface area contributed by atoms with Gasteiger partial charge in [0.1, 0.15) is 11.5 Å². The lowest BCUT2D eigenvalue weighted by molar-refractivity contribution is -0.118. The first-order valence-corrected chi connectivity index (χ1v) is 12.1. The van der Waals surface area contributed by atoms with E-state index in [1.54, 1.807) is 48.5 Å². The van der Waals surface area contributed by atoms with Crippen LogP contribution in [0, 0.1) is 0 Å². The molecule has 0 spiro atoms. The van der Waals surface area contributed by atoms with Gasteiger partial charge in [-0.25, -0.2) is 0 Å². The van der Waals surface area contributed by atoms with Gasteiger partial charge in [0, 0.05) is 32.2 Å². The van der Waals surface area contributed by atoms with Gasteiger partial charge in [0.2, 0.25) is 0 Å². The number of anilines is 2. The first-order valence-electron chi connectivity index (χ1n) is 10.6. The number of carbonyl (C=O) groups excluding carboxylic acids is 2. The van der Waals surface area contributed by atoms with Gasteiger partial charge in [0.05, 0.1) is 10.0 Å². The van der Waals surface area contributed by atoms with Crippen molar-refractivity contribution in [2.24, 2.45) is 0 Å². The largest absolute Gasteiger partial charge is 0.482 e. The molecule has 0 saturated carbocycles. The molecule has 0 aromatic heterocycles. The molecule has 0 aliphatic carbocycles. The van der Waals surface area contributed by atoms with Crippen LogP contribution in [-0.2, 0) is 9.59 Å². The van der Waals surface area contributed by atoms with E-state index in [9.17, 15) is 9.59 Å². The van der Waals surface area contributed by atoms with E-state index in [0.29, 0.717) is 43.0 Å². The lowest BCUT2D eigenvalue weighted by Gasteiger charge is -2.14. The molecule has 0 fully saturated rings. The monoisotopic (exact) mass is 562 g/mol. The molecule has 36 heavy (non-hydrogen) atoms. The molecule has 0 saturated heterocycles. The summed E-state index contributed by atoms with van der Waals surface area (Å²) in [5, 5.41) is 8.67. The summed E-state index contributed by atoms with van der Waals surface area (Å²) in [5.41, 5.74) is 1.12. The van der Waals surface area contributed by atoms with Crippen molar-refractivity contribution < 1.29 is 19.1 Å². The van der Waals surface area contributed by atoms with E-state index in [-0.39, 0.29) is 25.0 Å². The number of hydrogen-bond acceptors (Lipinski definition) is 4. The standard InChI is InChI=1S/C26H18Cl4N2O4/c27-15-7-9-23(19(29)11-15)35-13-25(33)31-21-5-1-3-17-18(21)4-2-6-22(17)32-26(34)14-36-24-10-8-16(28)12-20(24)30/h1-12H,13-14H2,(H,31,33)(H,32,34). The Kier molecular flexibility index (Phi) is 8.44. The van der Waals surface area contributed by atoms with Gasteiger partial charge in [-0.3, -0.25) is 9.59 Å². The van der Waals surface area contributed by atoms with Gasteiger partial charge in [0.15, 0.2) is 13.2 Å². The van der Waals surface area contributed by atoms with Gasteiger partial charge in [-0.2, -0.15) is 0 Å². The Morgan fingerprint density at radius 2 is 1.03 bits per heavy atom. The average molecular weight is 564 g/mol. The number of fused-ring (bicyclic) bond motifs is 1. The fourth-order valence-corrected chi connectivity index (χ4v) is 4.30. The van der Waals surface area contributed by atoms with Crippen molar-refractivity contribution in [1.29, 1.82) is 0 Å². The van der Waals surface area contributed by atoms with Crippen molar-refractivity contribution in [1.82, 2.24) is 0 Å². The van der Waals surface area contributed by atoms with E-state index < -0.39 is 0 Å². The topological polar surface area (TPSA) is 76.7 Å². The maximum absolute atomic E-state index is 12.5. The first kappa shape index (κ1) is 25.9. The number of amides is 2. The fourth-order valence-electron chi connectivity index (χ4n) is 3.37. The molecule has 10 heteroatoms. The molecule has 6 nitrogen and oxygen atoms in total. The van der Waals surface area contributed by atoms with Crippen LogP contribution < -0.4 is 20.1 Å². The van der Waals surface area contributed by atoms with Gasteiger partial charge >= 0.3 is 0 Å². The summed E-state index contributed by atoms with van der Waals surface area (Å²) in [7, 11) is 0. The second-order valence-electron chi connectivity index (χ2n) is 7.53. The van der Waals surface area contributed by atoms with Crippen LogP contribution in [0.25, 0.3) is 10.8 Å². The minimum absolute atomic E-state index is 0.251. The Labute approximate surface area is 227 Å². The highest BCUT2D eigenvalue weighted by molar-refractivity contribution is 6.36. The number of halogens is 4. The van der Waals surface area contributed by atoms with Gasteiger partial charge in [-0.15, -0.1) is 0 Å². The van der Waals surface area contributed by atoms with E-state index in [0.717, 1.165) is 10.8 Å². The number of hydrogen-bond donors (Lipinski definition) is 2. The van der Waals surface area contributed by atoms with Crippen LogP contribution in [-0.4, -0.2) is 25.0 Å². The summed E-state index contributed by atoms with van der Waals surface area (Å²) in [6.45, 7) is -0.502. The Hall–Kier alpha value is -3.16. The molecule has 4 aromatic carbocycles. The molecule has 0 atom stereocenters. The summed E-state index contributed by atoms with van der Waals surface area (Å²) in [6.07, 6.45) is 0. The van der Waals surface area contributed by atoms with Crippen molar-refractivity contribution >= 4 is 80.4 Å². The molecule has 2 amide bonds. The molecule has 0 heterocycles. The third-order valence-corrected chi connectivity index (χ3v) is 6.04. The normalized spacial score (nSPS) is 10.7. The molecule has 4 rings (SSSR count). The lowest BCUT2D eigenvalue weighted by Crippen LogP contribution is -2.21. The zero-order valence-electron chi connectivity index (χ0n) is 18.5. The summed E-state index contributed by atoms with van der Waals surface area (Å²) in [5.74, 6) is -0.0603. The maximum Gasteiger partial charge on any atom is 0.262 e. The van der Waals surface area contributed by atoms with Crippen molar-refractivity contribution in [2.45, 2.75) is 0 Å². The van der Waals surface area contributed by atoms with Crippen LogP contribution in [0.15, 0.2) is 72.8 Å². The molecule has 4 aromatic rings. The summed E-state index contributed by atoms with van der Waals surface area (Å²) < 4.78 is 11.0. The Morgan fingerprint density at radius 3 is 1.42 bits per heavy atom. The zero-order chi connectivity index (χ0) is 25.7. The number of carbonyl (C=O) groups is 2. The number of benzene rings is 4. The van der Waals surface area contributed by atoms with Gasteiger partial charge in [-0.05, 0) is 48.5 Å². The van der Waals surface area contributed by atoms with E-state index in [1.165, 1.54) is 12.1 Å². The third-order valence-electron chi connectivity index (χ3n) is 4.98. The van der Waals surface area contributed by atoms with Crippen molar-refractivity contribution in [3.05, 3.63) is 92.9 Å². The van der Waals surface area contributed by atoms with E-state index in [2.05, 4.69) is 10.6 Å². The highest BCUT2D eigenvalue weighted by Gasteiger charge is 2.12. The summed E-state index contributed by atoms with van der Waals surface area (Å²) in [4.78, 5) is 25.1. The number of rotatable bonds is 8. The third kappa shape index (κ3) is 6.53. The van der Waals surface area contributed by atoms with Crippen LogP contribution in [0.2, 0.25) is 20.1 Å². The van der Waals surface area contributed by atoms with Gasteiger partial charge < -0.3 is 20.1 Å².